The molecule has 0 saturated heterocycles. The Morgan fingerprint density at radius 3 is 1.93 bits per heavy atom. The summed E-state index contributed by atoms with van der Waals surface area (Å²) in [5, 5.41) is 11.3. The van der Waals surface area contributed by atoms with E-state index in [4.69, 9.17) is 5.11 Å². The Hall–Kier alpha value is -0.160. The van der Waals surface area contributed by atoms with Crippen LogP contribution in [0.3, 0.4) is 0 Å². The normalized spacial score (nSPS) is 12.4. The van der Waals surface area contributed by atoms with E-state index in [0.717, 1.165) is 43.9 Å². The number of hydrogen-bond acceptors (Lipinski definition) is 3. The highest BCUT2D eigenvalue weighted by atomic mass is 16.3. The van der Waals surface area contributed by atoms with E-state index in [9.17, 15) is 0 Å². The topological polar surface area (TPSA) is 35.5 Å². The fourth-order valence-corrected chi connectivity index (χ4v) is 1.75. The van der Waals surface area contributed by atoms with Crippen LogP contribution in [0.4, 0.5) is 0 Å². The summed E-state index contributed by atoms with van der Waals surface area (Å²) >= 11 is 0. The van der Waals surface area contributed by atoms with Gasteiger partial charge in [0, 0.05) is 13.1 Å². The van der Waals surface area contributed by atoms with Gasteiger partial charge in [-0.15, -0.1) is 0 Å². The van der Waals surface area contributed by atoms with E-state index in [2.05, 4.69) is 38.1 Å². The van der Waals surface area contributed by atoms with E-state index in [1.807, 2.05) is 0 Å². The first-order valence-corrected chi connectivity index (χ1v) is 6.12. The van der Waals surface area contributed by atoms with Crippen LogP contribution in [0, 0.1) is 0 Å². The minimum atomic E-state index is 0.265. The molecule has 0 fully saturated rings. The predicted molar refractivity (Wildman–Crippen MR) is 64.2 cm³/mol. The van der Waals surface area contributed by atoms with Gasteiger partial charge in [0.05, 0.1) is 19.7 Å². The lowest BCUT2D eigenvalue weighted by atomic mass is 10.4. The molecule has 0 aliphatic rings. The minimum Gasteiger partial charge on any atom is -0.391 e. The highest BCUT2D eigenvalue weighted by molar-refractivity contribution is 4.43. The zero-order valence-corrected chi connectivity index (χ0v) is 10.8. The van der Waals surface area contributed by atoms with Crippen LogP contribution in [0.25, 0.3) is 0 Å². The second kappa shape index (κ2) is 8.05. The number of quaternary nitrogens is 1. The van der Waals surface area contributed by atoms with Crippen molar-refractivity contribution >= 4 is 0 Å². The number of nitrogens with one attached hydrogen (secondary N) is 1. The van der Waals surface area contributed by atoms with Crippen molar-refractivity contribution in [1.29, 1.82) is 0 Å². The van der Waals surface area contributed by atoms with E-state index < -0.39 is 0 Å². The molecule has 92 valence electrons. The van der Waals surface area contributed by atoms with Crippen LogP contribution >= 0.6 is 0 Å². The van der Waals surface area contributed by atoms with E-state index in [1.54, 1.807) is 0 Å². The zero-order valence-electron chi connectivity index (χ0n) is 10.8. The van der Waals surface area contributed by atoms with Gasteiger partial charge in [-0.05, 0) is 13.8 Å². The molecule has 0 radical (unpaired) electrons. The fraction of sp³-hybridized carbons (Fsp3) is 1.00. The Labute approximate surface area is 94.4 Å². The van der Waals surface area contributed by atoms with E-state index in [1.165, 1.54) is 0 Å². The smallest absolute Gasteiger partial charge is 0.145 e. The van der Waals surface area contributed by atoms with Gasteiger partial charge in [0.2, 0.25) is 0 Å². The summed E-state index contributed by atoms with van der Waals surface area (Å²) in [6.07, 6.45) is 0. The number of rotatable bonds is 9. The number of hydrogen-bond donors (Lipinski definition) is 2. The maximum absolute atomic E-state index is 9.09. The average Bonchev–Trinajstić information content (AvgIpc) is 2.29. The number of hydrazine groups is 1. The van der Waals surface area contributed by atoms with Gasteiger partial charge in [-0.3, -0.25) is 0 Å². The molecule has 0 heterocycles. The molecule has 0 aliphatic heterocycles. The summed E-state index contributed by atoms with van der Waals surface area (Å²) < 4.78 is 0.938. The number of aliphatic hydroxyl groups excluding tert-OH is 1. The second-order valence-corrected chi connectivity index (χ2v) is 3.91. The second-order valence-electron chi connectivity index (χ2n) is 3.91. The van der Waals surface area contributed by atoms with Crippen LogP contribution in [0.5, 0.6) is 0 Å². The third-order valence-electron chi connectivity index (χ3n) is 3.31. The summed E-state index contributed by atoms with van der Waals surface area (Å²) in [6.45, 7) is 14.8. The van der Waals surface area contributed by atoms with E-state index in [0.29, 0.717) is 0 Å². The van der Waals surface area contributed by atoms with Crippen molar-refractivity contribution in [3.8, 4) is 0 Å². The van der Waals surface area contributed by atoms with Crippen molar-refractivity contribution in [3.63, 3.8) is 0 Å². The lowest BCUT2D eigenvalue weighted by molar-refractivity contribution is -0.929. The summed E-state index contributed by atoms with van der Waals surface area (Å²) in [7, 11) is 0. The highest BCUT2D eigenvalue weighted by Crippen LogP contribution is 2.03. The van der Waals surface area contributed by atoms with Crippen LogP contribution in [-0.4, -0.2) is 60.6 Å². The van der Waals surface area contributed by atoms with Crippen LogP contribution in [-0.2, 0) is 0 Å². The fourth-order valence-electron chi connectivity index (χ4n) is 1.75. The Morgan fingerprint density at radius 1 is 1.07 bits per heavy atom. The molecular formula is C11H28N3O+. The Morgan fingerprint density at radius 2 is 1.60 bits per heavy atom. The van der Waals surface area contributed by atoms with Crippen molar-refractivity contribution < 1.29 is 9.59 Å². The zero-order chi connectivity index (χ0) is 11.7. The molecule has 0 rings (SSSR count). The number of aliphatic hydroxyl groups is 1. The maximum atomic E-state index is 9.09. The van der Waals surface area contributed by atoms with Crippen molar-refractivity contribution in [2.45, 2.75) is 27.7 Å². The van der Waals surface area contributed by atoms with Crippen LogP contribution in [0.15, 0.2) is 0 Å². The van der Waals surface area contributed by atoms with Gasteiger partial charge in [-0.1, -0.05) is 13.8 Å². The van der Waals surface area contributed by atoms with E-state index >= 15 is 0 Å². The molecule has 4 nitrogen and oxygen atoms in total. The first-order chi connectivity index (χ1) is 7.17. The molecule has 0 aliphatic carbocycles. The molecular weight excluding hydrogens is 190 g/mol. The largest absolute Gasteiger partial charge is 0.391 e. The molecule has 0 atom stereocenters. The van der Waals surface area contributed by atoms with Gasteiger partial charge >= 0.3 is 0 Å². The highest BCUT2D eigenvalue weighted by Gasteiger charge is 2.22. The monoisotopic (exact) mass is 218 g/mol. The molecule has 0 saturated carbocycles. The standard InChI is InChI=1S/C11H28N3O/c1-5-13(6-2)12-11-14(7-3,8-4)9-10-15/h12,15H,5-11H2,1-4H3/q+1. The maximum Gasteiger partial charge on any atom is 0.145 e. The van der Waals surface area contributed by atoms with Crippen LogP contribution in [0.2, 0.25) is 0 Å². The third-order valence-corrected chi connectivity index (χ3v) is 3.31. The van der Waals surface area contributed by atoms with Gasteiger partial charge in [0.25, 0.3) is 0 Å². The van der Waals surface area contributed by atoms with Crippen molar-refractivity contribution in [2.24, 2.45) is 0 Å². The molecule has 0 amide bonds. The first-order valence-electron chi connectivity index (χ1n) is 6.12. The summed E-state index contributed by atoms with van der Waals surface area (Å²) in [5.41, 5.74) is 3.44. The average molecular weight is 218 g/mol. The van der Waals surface area contributed by atoms with Gasteiger partial charge in [-0.2, -0.15) is 0 Å². The van der Waals surface area contributed by atoms with Crippen LogP contribution in [0.1, 0.15) is 27.7 Å². The van der Waals surface area contributed by atoms with Gasteiger partial charge in [0.15, 0.2) is 0 Å². The molecule has 0 bridgehead atoms. The number of likely N-dealkylation sites (N-methyl/N-ethyl adjacent to an activating group) is 1. The van der Waals surface area contributed by atoms with Gasteiger partial charge in [0.1, 0.15) is 13.2 Å². The molecule has 0 aromatic carbocycles. The van der Waals surface area contributed by atoms with Gasteiger partial charge < -0.3 is 9.59 Å². The predicted octanol–water partition coefficient (Wildman–Crippen LogP) is 0.639. The minimum absolute atomic E-state index is 0.265. The SMILES string of the molecule is CCN(CC)NC[N+](CC)(CC)CCO. The first kappa shape index (κ1) is 14.8. The summed E-state index contributed by atoms with van der Waals surface area (Å²) in [4.78, 5) is 0. The van der Waals surface area contributed by atoms with Crippen LogP contribution < -0.4 is 5.43 Å². The summed E-state index contributed by atoms with van der Waals surface area (Å²) in [5.74, 6) is 0. The third kappa shape index (κ3) is 4.93. The molecule has 2 N–H and O–H groups in total. The quantitative estimate of drug-likeness (QED) is 0.339. The Balaban J connectivity index is 4.15. The van der Waals surface area contributed by atoms with Crippen molar-refractivity contribution in [2.75, 3.05) is 46.0 Å². The Bertz CT molecular complexity index is 145. The Kier molecular flexibility index (Phi) is 7.96. The molecule has 4 heteroatoms. The number of nitrogens with zero attached hydrogens (tertiary/aromatic N) is 2. The van der Waals surface area contributed by atoms with Gasteiger partial charge in [-0.25, -0.2) is 10.4 Å². The van der Waals surface area contributed by atoms with E-state index in [-0.39, 0.29) is 6.61 Å². The van der Waals surface area contributed by atoms with Crippen molar-refractivity contribution in [3.05, 3.63) is 0 Å². The molecule has 0 aromatic rings. The molecule has 0 spiro atoms. The van der Waals surface area contributed by atoms with Crippen molar-refractivity contribution in [1.82, 2.24) is 10.4 Å². The lowest BCUT2D eigenvalue weighted by Crippen LogP contribution is -2.57. The molecule has 15 heavy (non-hydrogen) atoms. The molecule has 0 unspecified atom stereocenters. The lowest BCUT2D eigenvalue weighted by Gasteiger charge is -2.38. The summed E-state index contributed by atoms with van der Waals surface area (Å²) in [6, 6.07) is 0. The molecule has 0 aromatic heterocycles.